The lowest BCUT2D eigenvalue weighted by Gasteiger charge is -2.35. The highest BCUT2D eigenvalue weighted by Crippen LogP contribution is 2.30. The van der Waals surface area contributed by atoms with E-state index in [1.807, 2.05) is 23.2 Å². The maximum Gasteiger partial charge on any atom is 0.317 e. The molecule has 1 saturated heterocycles. The third-order valence-corrected chi connectivity index (χ3v) is 5.20. The van der Waals surface area contributed by atoms with Gasteiger partial charge in [-0.3, -0.25) is 9.88 Å². The van der Waals surface area contributed by atoms with Gasteiger partial charge in [0.05, 0.1) is 11.7 Å². The number of urea groups is 1. The molecule has 5 nitrogen and oxygen atoms in total. The summed E-state index contributed by atoms with van der Waals surface area (Å²) in [6.07, 6.45) is 3.89. The van der Waals surface area contributed by atoms with Crippen LogP contribution >= 0.6 is 0 Å². The van der Waals surface area contributed by atoms with Gasteiger partial charge in [-0.05, 0) is 36.1 Å². The minimum atomic E-state index is 0.0687. The Morgan fingerprint density at radius 1 is 1.08 bits per heavy atom. The smallest absolute Gasteiger partial charge is 0.317 e. The zero-order valence-corrected chi connectivity index (χ0v) is 14.4. The summed E-state index contributed by atoms with van der Waals surface area (Å²) in [4.78, 5) is 21.3. The van der Waals surface area contributed by atoms with Gasteiger partial charge in [-0.2, -0.15) is 0 Å². The molecule has 2 aromatic rings. The molecule has 130 valence electrons. The van der Waals surface area contributed by atoms with Crippen molar-refractivity contribution in [3.63, 3.8) is 0 Å². The van der Waals surface area contributed by atoms with Crippen LogP contribution in [0.3, 0.4) is 0 Å². The Labute approximate surface area is 148 Å². The normalized spacial score (nSPS) is 20.3. The van der Waals surface area contributed by atoms with Crippen molar-refractivity contribution in [3.05, 3.63) is 65.5 Å². The largest absolute Gasteiger partial charge is 0.331 e. The fraction of sp³-hybridized carbons (Fsp3) is 0.400. The number of aromatic nitrogens is 1. The molecule has 0 bridgehead atoms. The molecule has 0 radical (unpaired) electrons. The minimum Gasteiger partial charge on any atom is -0.331 e. The van der Waals surface area contributed by atoms with Crippen LogP contribution in [0.2, 0.25) is 0 Å². The molecule has 1 unspecified atom stereocenters. The second kappa shape index (κ2) is 7.23. The highest BCUT2D eigenvalue weighted by molar-refractivity contribution is 5.75. The summed E-state index contributed by atoms with van der Waals surface area (Å²) in [5.41, 5.74) is 3.74. The van der Waals surface area contributed by atoms with Gasteiger partial charge in [-0.1, -0.05) is 30.3 Å². The van der Waals surface area contributed by atoms with Crippen LogP contribution in [0.25, 0.3) is 0 Å². The first kappa shape index (κ1) is 16.1. The third-order valence-electron chi connectivity index (χ3n) is 5.20. The Hall–Kier alpha value is -2.40. The van der Waals surface area contributed by atoms with Crippen LogP contribution in [-0.2, 0) is 13.0 Å². The second-order valence-electron chi connectivity index (χ2n) is 6.82. The molecule has 1 N–H and O–H groups in total. The van der Waals surface area contributed by atoms with Gasteiger partial charge in [0.1, 0.15) is 0 Å². The molecule has 2 aliphatic rings. The number of hydrogen-bond acceptors (Lipinski definition) is 3. The minimum absolute atomic E-state index is 0.0687. The monoisotopic (exact) mass is 336 g/mol. The average Bonchev–Trinajstić information content (AvgIpc) is 3.06. The van der Waals surface area contributed by atoms with E-state index in [0.29, 0.717) is 0 Å². The van der Waals surface area contributed by atoms with Gasteiger partial charge in [-0.15, -0.1) is 0 Å². The Morgan fingerprint density at radius 2 is 1.88 bits per heavy atom. The van der Waals surface area contributed by atoms with Gasteiger partial charge in [0.15, 0.2) is 0 Å². The van der Waals surface area contributed by atoms with Crippen molar-refractivity contribution >= 4 is 6.03 Å². The number of nitrogens with one attached hydrogen (secondary N) is 1. The van der Waals surface area contributed by atoms with Gasteiger partial charge in [0, 0.05) is 38.9 Å². The quantitative estimate of drug-likeness (QED) is 0.937. The zero-order chi connectivity index (χ0) is 17.1. The average molecular weight is 336 g/mol. The number of amides is 2. The van der Waals surface area contributed by atoms with Crippen LogP contribution in [0, 0.1) is 0 Å². The van der Waals surface area contributed by atoms with Crippen molar-refractivity contribution in [2.45, 2.75) is 25.4 Å². The lowest BCUT2D eigenvalue weighted by molar-refractivity contribution is 0.132. The fourth-order valence-electron chi connectivity index (χ4n) is 3.78. The van der Waals surface area contributed by atoms with Crippen molar-refractivity contribution in [3.8, 4) is 0 Å². The number of fused-ring (bicyclic) bond motifs is 1. The Morgan fingerprint density at radius 3 is 2.68 bits per heavy atom. The lowest BCUT2D eigenvalue weighted by atomic mass is 10.1. The van der Waals surface area contributed by atoms with Gasteiger partial charge in [-0.25, -0.2) is 4.79 Å². The molecule has 1 aliphatic carbocycles. The molecule has 25 heavy (non-hydrogen) atoms. The molecule has 0 spiro atoms. The van der Waals surface area contributed by atoms with Crippen LogP contribution in [-0.4, -0.2) is 47.0 Å². The number of nitrogens with zero attached hydrogens (tertiary/aromatic N) is 3. The molecule has 4 rings (SSSR count). The molecular weight excluding hydrogens is 312 g/mol. The van der Waals surface area contributed by atoms with Crippen molar-refractivity contribution in [2.24, 2.45) is 0 Å². The number of piperazine rings is 1. The van der Waals surface area contributed by atoms with E-state index in [1.165, 1.54) is 11.1 Å². The number of pyridine rings is 1. The van der Waals surface area contributed by atoms with Gasteiger partial charge in [0.25, 0.3) is 0 Å². The van der Waals surface area contributed by atoms with E-state index in [2.05, 4.69) is 45.5 Å². The number of aryl methyl sites for hydroxylation is 1. The SMILES string of the molecule is O=C(NC1CCc2ccccc21)N1CCN(Cc2ccccn2)CC1. The molecule has 1 aromatic heterocycles. The van der Waals surface area contributed by atoms with E-state index >= 15 is 0 Å². The maximum atomic E-state index is 12.6. The molecular formula is C20H24N4O. The van der Waals surface area contributed by atoms with E-state index in [0.717, 1.165) is 51.3 Å². The number of benzene rings is 1. The summed E-state index contributed by atoms with van der Waals surface area (Å²) < 4.78 is 0. The van der Waals surface area contributed by atoms with Crippen LogP contribution in [0.4, 0.5) is 4.79 Å². The van der Waals surface area contributed by atoms with Crippen molar-refractivity contribution in [1.29, 1.82) is 0 Å². The molecule has 1 aromatic carbocycles. The second-order valence-corrected chi connectivity index (χ2v) is 6.82. The number of hydrogen-bond donors (Lipinski definition) is 1. The van der Waals surface area contributed by atoms with Gasteiger partial charge >= 0.3 is 6.03 Å². The standard InChI is InChI=1S/C20H24N4O/c25-20(22-19-9-8-16-5-1-2-7-18(16)19)24-13-11-23(12-14-24)15-17-6-3-4-10-21-17/h1-7,10,19H,8-9,11-15H2,(H,22,25). The molecule has 1 fully saturated rings. The van der Waals surface area contributed by atoms with Crippen LogP contribution < -0.4 is 5.32 Å². The molecule has 5 heteroatoms. The predicted molar refractivity (Wildman–Crippen MR) is 97.1 cm³/mol. The Kier molecular flexibility index (Phi) is 4.65. The Balaban J connectivity index is 1.29. The van der Waals surface area contributed by atoms with E-state index < -0.39 is 0 Å². The molecule has 2 amide bonds. The lowest BCUT2D eigenvalue weighted by Crippen LogP contribution is -2.51. The first-order valence-electron chi connectivity index (χ1n) is 9.05. The summed E-state index contributed by atoms with van der Waals surface area (Å²) >= 11 is 0. The highest BCUT2D eigenvalue weighted by atomic mass is 16.2. The zero-order valence-electron chi connectivity index (χ0n) is 14.4. The van der Waals surface area contributed by atoms with Crippen LogP contribution in [0.5, 0.6) is 0 Å². The molecule has 1 aliphatic heterocycles. The predicted octanol–water partition coefficient (Wildman–Crippen LogP) is 2.60. The van der Waals surface area contributed by atoms with E-state index in [-0.39, 0.29) is 12.1 Å². The first-order chi connectivity index (χ1) is 12.3. The van der Waals surface area contributed by atoms with E-state index in [1.54, 1.807) is 0 Å². The fourth-order valence-corrected chi connectivity index (χ4v) is 3.78. The van der Waals surface area contributed by atoms with Crippen molar-refractivity contribution in [2.75, 3.05) is 26.2 Å². The number of rotatable bonds is 3. The Bertz CT molecular complexity index is 725. The van der Waals surface area contributed by atoms with E-state index in [9.17, 15) is 4.79 Å². The van der Waals surface area contributed by atoms with Gasteiger partial charge < -0.3 is 10.2 Å². The molecule has 2 heterocycles. The van der Waals surface area contributed by atoms with Crippen LogP contribution in [0.15, 0.2) is 48.7 Å². The third kappa shape index (κ3) is 3.66. The summed E-state index contributed by atoms with van der Waals surface area (Å²) in [5.74, 6) is 0. The molecule has 0 saturated carbocycles. The van der Waals surface area contributed by atoms with Crippen LogP contribution in [0.1, 0.15) is 29.3 Å². The summed E-state index contributed by atoms with van der Waals surface area (Å²) in [5, 5.41) is 3.23. The maximum absolute atomic E-state index is 12.6. The van der Waals surface area contributed by atoms with Crippen molar-refractivity contribution < 1.29 is 4.79 Å². The molecule has 1 atom stereocenters. The summed E-state index contributed by atoms with van der Waals surface area (Å²) in [6, 6.07) is 14.7. The van der Waals surface area contributed by atoms with E-state index in [4.69, 9.17) is 0 Å². The highest BCUT2D eigenvalue weighted by Gasteiger charge is 2.27. The number of carbonyl (C=O) groups is 1. The topological polar surface area (TPSA) is 48.5 Å². The summed E-state index contributed by atoms with van der Waals surface area (Å²) in [6.45, 7) is 4.18. The first-order valence-corrected chi connectivity index (χ1v) is 9.05. The van der Waals surface area contributed by atoms with Gasteiger partial charge in [0.2, 0.25) is 0 Å². The number of carbonyl (C=O) groups excluding carboxylic acids is 1. The van der Waals surface area contributed by atoms with Crippen molar-refractivity contribution in [1.82, 2.24) is 20.1 Å². The summed E-state index contributed by atoms with van der Waals surface area (Å²) in [7, 11) is 0.